The number of nitrogens with two attached hydrogens (primary N) is 1. The highest BCUT2D eigenvalue weighted by Gasteiger charge is 2.26. The second-order valence-electron chi connectivity index (χ2n) is 4.56. The molecule has 2 N–H and O–H groups in total. The number of benzene rings is 1. The normalized spacial score (nSPS) is 15.1. The molecule has 0 saturated carbocycles. The molecule has 0 aliphatic carbocycles. The van der Waals surface area contributed by atoms with Crippen LogP contribution in [0.15, 0.2) is 18.2 Å². The van der Waals surface area contributed by atoms with Crippen LogP contribution in [0.1, 0.15) is 33.0 Å². The third kappa shape index (κ3) is 1.82. The van der Waals surface area contributed by atoms with E-state index in [1.165, 1.54) is 6.07 Å². The van der Waals surface area contributed by atoms with Crippen molar-refractivity contribution in [1.29, 1.82) is 0 Å². The van der Waals surface area contributed by atoms with Gasteiger partial charge in [0, 0.05) is 6.54 Å². The van der Waals surface area contributed by atoms with Gasteiger partial charge in [0.25, 0.3) is 0 Å². The molecule has 92 valence electrons. The van der Waals surface area contributed by atoms with Gasteiger partial charge in [-0.15, -0.1) is 0 Å². The van der Waals surface area contributed by atoms with Gasteiger partial charge in [0.15, 0.2) is 5.82 Å². The van der Waals surface area contributed by atoms with E-state index < -0.39 is 5.54 Å². The van der Waals surface area contributed by atoms with Crippen molar-refractivity contribution in [3.8, 4) is 0 Å². The highest BCUT2D eigenvalue weighted by Crippen LogP contribution is 2.26. The van der Waals surface area contributed by atoms with Crippen molar-refractivity contribution in [3.63, 3.8) is 0 Å². The van der Waals surface area contributed by atoms with Crippen LogP contribution >= 0.6 is 0 Å². The molecule has 1 aromatic carbocycles. The maximum Gasteiger partial charge on any atom is 0.151 e. The summed E-state index contributed by atoms with van der Waals surface area (Å²) >= 11 is 0. The van der Waals surface area contributed by atoms with Crippen LogP contribution < -0.4 is 5.73 Å². The van der Waals surface area contributed by atoms with Gasteiger partial charge in [-0.05, 0) is 32.4 Å². The fourth-order valence-corrected chi connectivity index (χ4v) is 2.03. The van der Waals surface area contributed by atoms with E-state index >= 15 is 0 Å². The molecule has 1 heterocycles. The zero-order valence-electron chi connectivity index (χ0n) is 10.5. The van der Waals surface area contributed by atoms with Gasteiger partial charge in [0.2, 0.25) is 0 Å². The minimum absolute atomic E-state index is 0.289. The third-order valence-corrected chi connectivity index (χ3v) is 3.29. The van der Waals surface area contributed by atoms with Gasteiger partial charge < -0.3 is 10.3 Å². The van der Waals surface area contributed by atoms with E-state index in [1.807, 2.05) is 31.4 Å². The van der Waals surface area contributed by atoms with Gasteiger partial charge in [-0.3, -0.25) is 0 Å². The summed E-state index contributed by atoms with van der Waals surface area (Å²) in [5.74, 6) is 0.463. The lowest BCUT2D eigenvalue weighted by Crippen LogP contribution is -2.35. The van der Waals surface area contributed by atoms with Gasteiger partial charge in [0.05, 0.1) is 11.1 Å². The molecule has 4 heteroatoms. The first-order valence-corrected chi connectivity index (χ1v) is 5.95. The number of fused-ring (bicyclic) bond motifs is 1. The van der Waals surface area contributed by atoms with Crippen LogP contribution in [-0.4, -0.2) is 9.55 Å². The van der Waals surface area contributed by atoms with E-state index in [9.17, 15) is 4.39 Å². The molecule has 0 radical (unpaired) electrons. The fourth-order valence-electron chi connectivity index (χ4n) is 2.03. The van der Waals surface area contributed by atoms with Crippen LogP contribution in [0.2, 0.25) is 0 Å². The van der Waals surface area contributed by atoms with Gasteiger partial charge in [-0.1, -0.05) is 13.0 Å². The Kier molecular flexibility index (Phi) is 2.91. The summed E-state index contributed by atoms with van der Waals surface area (Å²) in [5, 5.41) is 0. The Hall–Kier alpha value is -1.42. The molecule has 3 nitrogen and oxygen atoms in total. The molecule has 0 aliphatic heterocycles. The average molecular weight is 235 g/mol. The minimum atomic E-state index is -0.526. The summed E-state index contributed by atoms with van der Waals surface area (Å²) < 4.78 is 15.7. The number of imidazole rings is 1. The molecule has 1 atom stereocenters. The fraction of sp³-hybridized carbons (Fsp3) is 0.462. The molecule has 0 bridgehead atoms. The number of aryl methyl sites for hydroxylation is 1. The van der Waals surface area contributed by atoms with Gasteiger partial charge in [0.1, 0.15) is 11.3 Å². The van der Waals surface area contributed by atoms with E-state index in [0.29, 0.717) is 5.52 Å². The number of hydrogen-bond acceptors (Lipinski definition) is 2. The number of halogens is 1. The Bertz CT molecular complexity index is 543. The van der Waals surface area contributed by atoms with E-state index in [1.54, 1.807) is 6.07 Å². The Morgan fingerprint density at radius 1 is 1.41 bits per heavy atom. The maximum atomic E-state index is 13.7. The summed E-state index contributed by atoms with van der Waals surface area (Å²) in [6.07, 6.45) is 0.762. The first-order chi connectivity index (χ1) is 8.01. The predicted octanol–water partition coefficient (Wildman–Crippen LogP) is 2.78. The summed E-state index contributed by atoms with van der Waals surface area (Å²) in [7, 11) is 0. The lowest BCUT2D eigenvalue weighted by Gasteiger charge is -2.23. The standard InChI is InChI=1S/C13H18FN3/c1-4-13(3,15)12-16-11-9(14)7-6-8-10(11)17(12)5-2/h6-8H,4-5,15H2,1-3H3. The summed E-state index contributed by atoms with van der Waals surface area (Å²) in [5.41, 5.74) is 6.92. The molecule has 2 aromatic rings. The zero-order chi connectivity index (χ0) is 12.6. The van der Waals surface area contributed by atoms with E-state index in [0.717, 1.165) is 24.3 Å². The van der Waals surface area contributed by atoms with Crippen LogP contribution in [0.5, 0.6) is 0 Å². The molecule has 0 spiro atoms. The summed E-state index contributed by atoms with van der Waals surface area (Å²) in [6.45, 7) is 6.69. The number of aromatic nitrogens is 2. The van der Waals surface area contributed by atoms with Crippen LogP contribution in [-0.2, 0) is 12.1 Å². The minimum Gasteiger partial charge on any atom is -0.327 e. The molecule has 0 amide bonds. The Labute approximate surface area is 100 Å². The molecular weight excluding hydrogens is 217 g/mol. The molecule has 1 aromatic heterocycles. The lowest BCUT2D eigenvalue weighted by atomic mass is 9.99. The van der Waals surface area contributed by atoms with E-state index in [-0.39, 0.29) is 5.82 Å². The molecular formula is C13H18FN3. The van der Waals surface area contributed by atoms with Crippen molar-refractivity contribution in [2.45, 2.75) is 39.3 Å². The zero-order valence-corrected chi connectivity index (χ0v) is 10.5. The molecule has 17 heavy (non-hydrogen) atoms. The largest absolute Gasteiger partial charge is 0.327 e. The number of hydrogen-bond donors (Lipinski definition) is 1. The second kappa shape index (κ2) is 4.11. The SMILES string of the molecule is CCn1c(C(C)(N)CC)nc2c(F)cccc21. The van der Waals surface area contributed by atoms with Crippen LogP contribution in [0.4, 0.5) is 4.39 Å². The van der Waals surface area contributed by atoms with Crippen molar-refractivity contribution in [3.05, 3.63) is 29.8 Å². The van der Waals surface area contributed by atoms with Crippen molar-refractivity contribution in [2.75, 3.05) is 0 Å². The molecule has 0 aliphatic rings. The molecule has 0 saturated heterocycles. The monoisotopic (exact) mass is 235 g/mol. The van der Waals surface area contributed by atoms with Gasteiger partial charge in [-0.2, -0.15) is 0 Å². The topological polar surface area (TPSA) is 43.8 Å². The second-order valence-corrected chi connectivity index (χ2v) is 4.56. The van der Waals surface area contributed by atoms with Gasteiger partial charge >= 0.3 is 0 Å². The molecule has 2 rings (SSSR count). The highest BCUT2D eigenvalue weighted by atomic mass is 19.1. The van der Waals surface area contributed by atoms with Crippen molar-refractivity contribution >= 4 is 11.0 Å². The number of para-hydroxylation sites is 1. The van der Waals surface area contributed by atoms with Gasteiger partial charge in [-0.25, -0.2) is 9.37 Å². The molecule has 1 unspecified atom stereocenters. The Morgan fingerprint density at radius 2 is 2.12 bits per heavy atom. The first kappa shape index (κ1) is 12.0. The maximum absolute atomic E-state index is 13.7. The quantitative estimate of drug-likeness (QED) is 0.889. The average Bonchev–Trinajstić information content (AvgIpc) is 2.69. The van der Waals surface area contributed by atoms with E-state index in [2.05, 4.69) is 4.98 Å². The first-order valence-electron chi connectivity index (χ1n) is 5.95. The predicted molar refractivity (Wildman–Crippen MR) is 67.2 cm³/mol. The lowest BCUT2D eigenvalue weighted by molar-refractivity contribution is 0.426. The van der Waals surface area contributed by atoms with E-state index in [4.69, 9.17) is 5.73 Å². The summed E-state index contributed by atoms with van der Waals surface area (Å²) in [4.78, 5) is 4.39. The van der Waals surface area contributed by atoms with Crippen LogP contribution in [0, 0.1) is 5.82 Å². The van der Waals surface area contributed by atoms with Crippen LogP contribution in [0.25, 0.3) is 11.0 Å². The van der Waals surface area contributed by atoms with Crippen molar-refractivity contribution in [1.82, 2.24) is 9.55 Å². The highest BCUT2D eigenvalue weighted by molar-refractivity contribution is 5.77. The van der Waals surface area contributed by atoms with Crippen LogP contribution in [0.3, 0.4) is 0 Å². The smallest absolute Gasteiger partial charge is 0.151 e. The van der Waals surface area contributed by atoms with Crippen molar-refractivity contribution in [2.24, 2.45) is 5.73 Å². The Balaban J connectivity index is 2.77. The Morgan fingerprint density at radius 3 is 2.71 bits per heavy atom. The number of nitrogens with zero attached hydrogens (tertiary/aromatic N) is 2. The third-order valence-electron chi connectivity index (χ3n) is 3.29. The van der Waals surface area contributed by atoms with Crippen molar-refractivity contribution < 1.29 is 4.39 Å². The summed E-state index contributed by atoms with van der Waals surface area (Å²) in [6, 6.07) is 5.01. The molecule has 0 fully saturated rings. The number of rotatable bonds is 3.